The monoisotopic (exact) mass is 135 g/mol. The molecule has 0 aliphatic rings. The largest absolute Gasteiger partial charge is 0.369 e. The van der Waals surface area contributed by atoms with Gasteiger partial charge in [0.25, 0.3) is 0 Å². The molecule has 0 spiro atoms. The van der Waals surface area contributed by atoms with Crippen LogP contribution in [0.1, 0.15) is 0 Å². The molecular weight excluding hydrogens is 130 g/mol. The van der Waals surface area contributed by atoms with Crippen molar-refractivity contribution in [1.29, 1.82) is 0 Å². The minimum Gasteiger partial charge on any atom is -0.315 e. The summed E-state index contributed by atoms with van der Waals surface area (Å²) in [5.41, 5.74) is 0. The van der Waals surface area contributed by atoms with Gasteiger partial charge in [0.2, 0.25) is 0 Å². The van der Waals surface area contributed by atoms with Crippen molar-refractivity contribution in [2.75, 3.05) is 0 Å². The molecule has 0 saturated heterocycles. The predicted octanol–water partition coefficient (Wildman–Crippen LogP) is -0.945. The van der Waals surface area contributed by atoms with E-state index in [-0.39, 0.29) is 12.4 Å². The first-order valence-corrected chi connectivity index (χ1v) is 2.40. The zero-order valence-corrected chi connectivity index (χ0v) is 4.36. The second kappa shape index (κ2) is 2.69. The summed E-state index contributed by atoms with van der Waals surface area (Å²) in [5, 5.41) is 0. The van der Waals surface area contributed by atoms with E-state index in [4.69, 9.17) is 19.6 Å². The van der Waals surface area contributed by atoms with Crippen molar-refractivity contribution in [2.45, 2.75) is 0 Å². The van der Waals surface area contributed by atoms with E-state index >= 15 is 0 Å². The summed E-state index contributed by atoms with van der Waals surface area (Å²) in [6.07, 6.45) is 0. The normalized spacial score (nSPS) is 10.0. The minimum atomic E-state index is -4.39. The van der Waals surface area contributed by atoms with Gasteiger partial charge >= 0.3 is 8.17 Å². The predicted molar refractivity (Wildman–Crippen MR) is 23.0 cm³/mol. The molecule has 0 aromatic carbocycles. The fourth-order valence-electron chi connectivity index (χ4n) is 0. The molecule has 0 aliphatic heterocycles. The molecule has 0 saturated carbocycles. The van der Waals surface area contributed by atoms with Crippen molar-refractivity contribution < 1.29 is 19.6 Å². The van der Waals surface area contributed by atoms with Crippen LogP contribution in [0.15, 0.2) is 0 Å². The molecule has 0 bridgehead atoms. The van der Waals surface area contributed by atoms with Crippen LogP contribution in [-0.4, -0.2) is 19.6 Å². The van der Waals surface area contributed by atoms with E-state index in [1.54, 1.807) is 0 Å². The molecule has 0 amide bonds. The Hall–Kier alpha value is 0.560. The maximum Gasteiger partial charge on any atom is 0.369 e. The van der Waals surface area contributed by atoms with Crippen LogP contribution in [0.5, 0.6) is 0 Å². The Kier molecular flexibility index (Phi) is 4.37. The molecule has 0 heterocycles. The van der Waals surface area contributed by atoms with E-state index in [1.807, 2.05) is 0 Å². The fraction of sp³-hybridized carbons (Fsp3) is 0. The SMILES string of the molecule is Cl.O[P](O)(O)O. The lowest BCUT2D eigenvalue weighted by atomic mass is 15.7. The number of halogens is 1. The molecule has 6 heavy (non-hydrogen) atoms. The van der Waals surface area contributed by atoms with Gasteiger partial charge in [-0.15, -0.1) is 12.4 Å². The molecule has 6 heteroatoms. The van der Waals surface area contributed by atoms with Gasteiger partial charge in [0.15, 0.2) is 0 Å². The Morgan fingerprint density at radius 1 is 0.833 bits per heavy atom. The smallest absolute Gasteiger partial charge is 0.315 e. The fourth-order valence-corrected chi connectivity index (χ4v) is 0. The first-order valence-electron chi connectivity index (χ1n) is 0.800. The van der Waals surface area contributed by atoms with Crippen molar-refractivity contribution >= 4 is 20.6 Å². The molecule has 0 unspecified atom stereocenters. The average molecular weight is 135 g/mol. The zero-order chi connectivity index (χ0) is 4.50. The summed E-state index contributed by atoms with van der Waals surface area (Å²) in [4.78, 5) is 29.2. The summed E-state index contributed by atoms with van der Waals surface area (Å²) in [5.74, 6) is 0. The van der Waals surface area contributed by atoms with Crippen LogP contribution >= 0.6 is 20.6 Å². The maximum atomic E-state index is 7.30. The van der Waals surface area contributed by atoms with Crippen LogP contribution in [-0.2, 0) is 0 Å². The summed E-state index contributed by atoms with van der Waals surface area (Å²) in [6, 6.07) is 0. The third-order valence-corrected chi connectivity index (χ3v) is 0. The summed E-state index contributed by atoms with van der Waals surface area (Å²) >= 11 is 0. The van der Waals surface area contributed by atoms with Gasteiger partial charge in [-0.1, -0.05) is 0 Å². The van der Waals surface area contributed by atoms with Crippen molar-refractivity contribution in [2.24, 2.45) is 0 Å². The summed E-state index contributed by atoms with van der Waals surface area (Å²) in [7, 11) is -4.39. The summed E-state index contributed by atoms with van der Waals surface area (Å²) < 4.78 is 0. The Morgan fingerprint density at radius 3 is 0.833 bits per heavy atom. The molecule has 4 nitrogen and oxygen atoms in total. The van der Waals surface area contributed by atoms with Crippen molar-refractivity contribution in [1.82, 2.24) is 0 Å². The Morgan fingerprint density at radius 2 is 0.833 bits per heavy atom. The lowest BCUT2D eigenvalue weighted by molar-refractivity contribution is 0.229. The quantitative estimate of drug-likeness (QED) is 0.323. The van der Waals surface area contributed by atoms with Gasteiger partial charge in [0, 0.05) is 0 Å². The first-order chi connectivity index (χ1) is 2.00. The standard InChI is InChI=1S/ClH.H4O4P/c;1-5(2,3)4/h1H;1-4H. The molecule has 1 radical (unpaired) electrons. The van der Waals surface area contributed by atoms with Crippen LogP contribution in [0.3, 0.4) is 0 Å². The van der Waals surface area contributed by atoms with Gasteiger partial charge in [0.05, 0.1) is 0 Å². The summed E-state index contributed by atoms with van der Waals surface area (Å²) in [6.45, 7) is 0. The molecule has 41 valence electrons. The van der Waals surface area contributed by atoms with Crippen LogP contribution in [0.4, 0.5) is 0 Å². The molecule has 4 N–H and O–H groups in total. The number of hydrogen-bond acceptors (Lipinski definition) is 4. The van der Waals surface area contributed by atoms with Crippen LogP contribution in [0.25, 0.3) is 0 Å². The molecule has 0 aliphatic carbocycles. The highest BCUT2D eigenvalue weighted by molar-refractivity contribution is 7.52. The van der Waals surface area contributed by atoms with Gasteiger partial charge in [-0.3, -0.25) is 0 Å². The molecule has 0 aromatic heterocycles. The minimum absolute atomic E-state index is 0. The lowest BCUT2D eigenvalue weighted by Gasteiger charge is -2.00. The van der Waals surface area contributed by atoms with Crippen molar-refractivity contribution in [3.8, 4) is 0 Å². The molecule has 0 atom stereocenters. The van der Waals surface area contributed by atoms with Crippen LogP contribution in [0, 0.1) is 0 Å². The number of rotatable bonds is 0. The molecular formula is H5ClO4P. The molecule has 0 fully saturated rings. The van der Waals surface area contributed by atoms with Crippen molar-refractivity contribution in [3.63, 3.8) is 0 Å². The van der Waals surface area contributed by atoms with E-state index < -0.39 is 8.17 Å². The van der Waals surface area contributed by atoms with Gasteiger partial charge in [-0.25, -0.2) is 0 Å². The highest BCUT2D eigenvalue weighted by Crippen LogP contribution is 2.37. The topological polar surface area (TPSA) is 80.9 Å². The van der Waals surface area contributed by atoms with Gasteiger partial charge < -0.3 is 19.6 Å². The second-order valence-corrected chi connectivity index (χ2v) is 1.61. The molecule has 0 rings (SSSR count). The maximum absolute atomic E-state index is 7.30. The van der Waals surface area contributed by atoms with E-state index in [0.29, 0.717) is 0 Å². The highest BCUT2D eigenvalue weighted by Gasteiger charge is 2.06. The number of hydrogen-bond donors (Lipinski definition) is 4. The zero-order valence-electron chi connectivity index (χ0n) is 2.64. The Labute approximate surface area is 41.1 Å². The Bertz CT molecular complexity index is 23.0. The van der Waals surface area contributed by atoms with Gasteiger partial charge in [0.1, 0.15) is 0 Å². The van der Waals surface area contributed by atoms with Crippen LogP contribution in [0.2, 0.25) is 0 Å². The Balaban J connectivity index is 0. The van der Waals surface area contributed by atoms with E-state index in [9.17, 15) is 0 Å². The highest BCUT2D eigenvalue weighted by atomic mass is 35.5. The first kappa shape index (κ1) is 9.75. The van der Waals surface area contributed by atoms with E-state index in [2.05, 4.69) is 0 Å². The van der Waals surface area contributed by atoms with Crippen molar-refractivity contribution in [3.05, 3.63) is 0 Å². The third-order valence-electron chi connectivity index (χ3n) is 0. The van der Waals surface area contributed by atoms with E-state index in [1.165, 1.54) is 0 Å². The van der Waals surface area contributed by atoms with E-state index in [0.717, 1.165) is 0 Å². The lowest BCUT2D eigenvalue weighted by Crippen LogP contribution is -1.79. The van der Waals surface area contributed by atoms with Gasteiger partial charge in [-0.05, 0) is 0 Å². The van der Waals surface area contributed by atoms with Gasteiger partial charge in [-0.2, -0.15) is 0 Å². The van der Waals surface area contributed by atoms with Crippen LogP contribution < -0.4 is 0 Å². The third kappa shape index (κ3) is 184. The second-order valence-electron chi connectivity index (χ2n) is 0.537. The average Bonchev–Trinajstić information content (AvgIpc) is 0.722. The molecule has 0 aromatic rings.